The van der Waals surface area contributed by atoms with Crippen LogP contribution in [0.3, 0.4) is 0 Å². The van der Waals surface area contributed by atoms with Crippen molar-refractivity contribution in [1.82, 2.24) is 14.7 Å². The molecule has 18 heavy (non-hydrogen) atoms. The third-order valence-electron chi connectivity index (χ3n) is 2.99. The van der Waals surface area contributed by atoms with Crippen molar-refractivity contribution in [3.05, 3.63) is 17.5 Å². The van der Waals surface area contributed by atoms with Gasteiger partial charge in [0, 0.05) is 26.0 Å². The van der Waals surface area contributed by atoms with E-state index < -0.39 is 0 Å². The molecule has 1 rings (SSSR count). The first-order chi connectivity index (χ1) is 8.60. The number of aromatic nitrogens is 2. The summed E-state index contributed by atoms with van der Waals surface area (Å²) in [7, 11) is 3.68. The molecule has 0 aromatic carbocycles. The van der Waals surface area contributed by atoms with Crippen molar-refractivity contribution in [2.45, 2.75) is 32.6 Å². The summed E-state index contributed by atoms with van der Waals surface area (Å²) in [5, 5.41) is 5.34. The van der Waals surface area contributed by atoms with Crippen molar-refractivity contribution in [3.63, 3.8) is 0 Å². The molecule has 1 aromatic heterocycles. The predicted octanol–water partition coefficient (Wildman–Crippen LogP) is 2.62. The monoisotopic (exact) mass is 315 g/mol. The van der Waals surface area contributed by atoms with Gasteiger partial charge in [-0.2, -0.15) is 5.10 Å². The molecule has 0 fully saturated rings. The summed E-state index contributed by atoms with van der Waals surface area (Å²) in [5.74, 6) is 0.0588. The zero-order chi connectivity index (χ0) is 13.5. The second-order valence-corrected chi connectivity index (χ2v) is 5.27. The molecule has 0 bridgehead atoms. The molecule has 1 amide bonds. The zero-order valence-corrected chi connectivity index (χ0v) is 13.0. The molecule has 0 unspecified atom stereocenters. The Morgan fingerprint density at radius 2 is 2.17 bits per heavy atom. The summed E-state index contributed by atoms with van der Waals surface area (Å²) in [6, 6.07) is 1.89. The van der Waals surface area contributed by atoms with Crippen LogP contribution in [0.15, 0.2) is 6.07 Å². The number of aryl methyl sites for hydroxylation is 2. The molecule has 4 nitrogen and oxygen atoms in total. The van der Waals surface area contributed by atoms with Gasteiger partial charge in [0.1, 0.15) is 5.69 Å². The third kappa shape index (κ3) is 4.12. The number of nitrogens with zero attached hydrogens (tertiary/aromatic N) is 3. The molecule has 0 aliphatic rings. The third-order valence-corrected chi connectivity index (χ3v) is 3.55. The summed E-state index contributed by atoms with van der Waals surface area (Å²) in [4.78, 5) is 14.0. The van der Waals surface area contributed by atoms with Gasteiger partial charge in [-0.3, -0.25) is 9.48 Å². The van der Waals surface area contributed by atoms with E-state index in [0.717, 1.165) is 43.3 Å². The molecule has 0 radical (unpaired) electrons. The fraction of sp³-hybridized carbons (Fsp3) is 0.692. The maximum absolute atomic E-state index is 12.2. The summed E-state index contributed by atoms with van der Waals surface area (Å²) in [6.45, 7) is 2.85. The van der Waals surface area contributed by atoms with Crippen molar-refractivity contribution in [2.24, 2.45) is 7.05 Å². The van der Waals surface area contributed by atoms with Gasteiger partial charge in [-0.1, -0.05) is 29.3 Å². The predicted molar refractivity (Wildman–Crippen MR) is 77.2 cm³/mol. The lowest BCUT2D eigenvalue weighted by Gasteiger charge is -2.16. The van der Waals surface area contributed by atoms with Gasteiger partial charge in [0.05, 0.1) is 5.69 Å². The Hall–Kier alpha value is -0.840. The second-order valence-electron chi connectivity index (χ2n) is 4.47. The Morgan fingerprint density at radius 1 is 1.44 bits per heavy atom. The minimum absolute atomic E-state index is 0.0588. The average molecular weight is 316 g/mol. The normalized spacial score (nSPS) is 10.7. The molecule has 1 heterocycles. The van der Waals surface area contributed by atoms with Crippen molar-refractivity contribution in [2.75, 3.05) is 18.9 Å². The van der Waals surface area contributed by atoms with Gasteiger partial charge < -0.3 is 4.90 Å². The summed E-state index contributed by atoms with van der Waals surface area (Å²) < 4.78 is 1.68. The van der Waals surface area contributed by atoms with Crippen molar-refractivity contribution in [1.29, 1.82) is 0 Å². The summed E-state index contributed by atoms with van der Waals surface area (Å²) >= 11 is 3.41. The maximum atomic E-state index is 12.2. The first-order valence-electron chi connectivity index (χ1n) is 6.44. The number of carbonyl (C=O) groups excluding carboxylic acids is 1. The zero-order valence-electron chi connectivity index (χ0n) is 11.4. The van der Waals surface area contributed by atoms with Crippen LogP contribution >= 0.6 is 15.9 Å². The van der Waals surface area contributed by atoms with Crippen LogP contribution in [-0.2, 0) is 13.5 Å². The van der Waals surface area contributed by atoms with Crippen LogP contribution in [-0.4, -0.2) is 39.5 Å². The Morgan fingerprint density at radius 3 is 2.72 bits per heavy atom. The molecule has 0 saturated carbocycles. The lowest BCUT2D eigenvalue weighted by Crippen LogP contribution is -2.29. The smallest absolute Gasteiger partial charge is 0.271 e. The molecule has 0 aliphatic carbocycles. The van der Waals surface area contributed by atoms with Gasteiger partial charge in [-0.25, -0.2) is 0 Å². The quantitative estimate of drug-likeness (QED) is 0.573. The first-order valence-corrected chi connectivity index (χ1v) is 7.56. The number of hydrogen-bond donors (Lipinski definition) is 0. The number of unbranched alkanes of at least 4 members (excludes halogenated alkanes) is 2. The topological polar surface area (TPSA) is 38.1 Å². The van der Waals surface area contributed by atoms with Gasteiger partial charge in [-0.05, 0) is 25.3 Å². The molecule has 0 spiro atoms. The highest BCUT2D eigenvalue weighted by atomic mass is 79.9. The first kappa shape index (κ1) is 15.2. The van der Waals surface area contributed by atoms with Crippen LogP contribution in [0.4, 0.5) is 0 Å². The summed E-state index contributed by atoms with van der Waals surface area (Å²) in [6.07, 6.45) is 4.21. The number of amides is 1. The van der Waals surface area contributed by atoms with Crippen LogP contribution in [0.1, 0.15) is 42.4 Å². The van der Waals surface area contributed by atoms with Crippen LogP contribution in [0, 0.1) is 0 Å². The fourth-order valence-corrected chi connectivity index (χ4v) is 2.21. The molecule has 0 N–H and O–H groups in total. The molecule has 0 atom stereocenters. The SMILES string of the molecule is CCc1cc(C(=O)N(C)CCCCCBr)n(C)n1. The lowest BCUT2D eigenvalue weighted by atomic mass is 10.2. The molecule has 0 aliphatic heterocycles. The van der Waals surface area contributed by atoms with Gasteiger partial charge >= 0.3 is 0 Å². The van der Waals surface area contributed by atoms with Crippen LogP contribution < -0.4 is 0 Å². The van der Waals surface area contributed by atoms with Crippen molar-refractivity contribution < 1.29 is 4.79 Å². The van der Waals surface area contributed by atoms with E-state index in [4.69, 9.17) is 0 Å². The average Bonchev–Trinajstić information content (AvgIpc) is 2.74. The largest absolute Gasteiger partial charge is 0.340 e. The standard InChI is InChI=1S/C13H22BrN3O/c1-4-11-10-12(17(3)15-11)13(18)16(2)9-7-5-6-8-14/h10H,4-9H2,1-3H3. The summed E-state index contributed by atoms with van der Waals surface area (Å²) in [5.41, 5.74) is 1.64. The Balaban J connectivity index is 2.54. The Kier molecular flexibility index (Phi) is 6.39. The Bertz CT molecular complexity index is 390. The van der Waals surface area contributed by atoms with E-state index in [-0.39, 0.29) is 5.91 Å². The van der Waals surface area contributed by atoms with Gasteiger partial charge in [0.25, 0.3) is 5.91 Å². The number of carbonyl (C=O) groups is 1. The lowest BCUT2D eigenvalue weighted by molar-refractivity contribution is 0.0782. The number of halogens is 1. The molecule has 5 heteroatoms. The molecule has 102 valence electrons. The highest BCUT2D eigenvalue weighted by Crippen LogP contribution is 2.08. The second kappa shape index (κ2) is 7.56. The van der Waals surface area contributed by atoms with Crippen LogP contribution in [0.5, 0.6) is 0 Å². The highest BCUT2D eigenvalue weighted by Gasteiger charge is 2.16. The minimum atomic E-state index is 0.0588. The van der Waals surface area contributed by atoms with E-state index in [1.165, 1.54) is 0 Å². The number of hydrogen-bond acceptors (Lipinski definition) is 2. The van der Waals surface area contributed by atoms with Crippen LogP contribution in [0.25, 0.3) is 0 Å². The number of alkyl halides is 1. The van der Waals surface area contributed by atoms with Crippen molar-refractivity contribution >= 4 is 21.8 Å². The van der Waals surface area contributed by atoms with E-state index in [1.807, 2.05) is 27.1 Å². The number of rotatable bonds is 7. The van der Waals surface area contributed by atoms with E-state index >= 15 is 0 Å². The molecular formula is C13H22BrN3O. The van der Waals surface area contributed by atoms with Crippen molar-refractivity contribution in [3.8, 4) is 0 Å². The molecule has 1 aromatic rings. The van der Waals surface area contributed by atoms with E-state index in [9.17, 15) is 4.79 Å². The van der Waals surface area contributed by atoms with Gasteiger partial charge in [0.15, 0.2) is 0 Å². The van der Waals surface area contributed by atoms with Gasteiger partial charge in [0.2, 0.25) is 0 Å². The highest BCUT2D eigenvalue weighted by molar-refractivity contribution is 9.09. The van der Waals surface area contributed by atoms with E-state index in [1.54, 1.807) is 9.58 Å². The van der Waals surface area contributed by atoms with E-state index in [2.05, 4.69) is 21.0 Å². The maximum Gasteiger partial charge on any atom is 0.271 e. The fourth-order valence-electron chi connectivity index (χ4n) is 1.82. The molecule has 0 saturated heterocycles. The van der Waals surface area contributed by atoms with Crippen LogP contribution in [0.2, 0.25) is 0 Å². The van der Waals surface area contributed by atoms with Gasteiger partial charge in [-0.15, -0.1) is 0 Å². The Labute approximate surface area is 117 Å². The minimum Gasteiger partial charge on any atom is -0.340 e. The molecular weight excluding hydrogens is 294 g/mol. The van der Waals surface area contributed by atoms with E-state index in [0.29, 0.717) is 5.69 Å².